The predicted octanol–water partition coefficient (Wildman–Crippen LogP) is 2.57. The van der Waals surface area contributed by atoms with Crippen LogP contribution in [-0.4, -0.2) is 31.3 Å². The molecule has 110 valence electrons. The van der Waals surface area contributed by atoms with Gasteiger partial charge in [0.2, 0.25) is 0 Å². The van der Waals surface area contributed by atoms with Gasteiger partial charge < -0.3 is 15.8 Å². The smallest absolute Gasteiger partial charge is 0.188 e. The van der Waals surface area contributed by atoms with Gasteiger partial charge in [-0.05, 0) is 25.7 Å². The highest BCUT2D eigenvalue weighted by Gasteiger charge is 2.33. The van der Waals surface area contributed by atoms with Crippen LogP contribution < -0.4 is 11.1 Å². The summed E-state index contributed by atoms with van der Waals surface area (Å²) in [7, 11) is 1.80. The van der Waals surface area contributed by atoms with Gasteiger partial charge in [-0.2, -0.15) is 0 Å². The van der Waals surface area contributed by atoms with E-state index in [1.54, 1.807) is 7.11 Å². The summed E-state index contributed by atoms with van der Waals surface area (Å²) in [5.74, 6) is 0.607. The Bertz CT molecular complexity index is 290. The molecule has 0 aromatic rings. The molecule has 3 N–H and O–H groups in total. The Hall–Kier alpha value is -0.770. The van der Waals surface area contributed by atoms with Crippen molar-refractivity contribution in [1.29, 1.82) is 0 Å². The minimum atomic E-state index is -0.0459. The lowest BCUT2D eigenvalue weighted by molar-refractivity contribution is 0.00422. The number of nitrogens with two attached hydrogens (primary N) is 1. The van der Waals surface area contributed by atoms with Crippen LogP contribution in [0, 0.1) is 0 Å². The lowest BCUT2D eigenvalue weighted by Crippen LogP contribution is -2.41. The van der Waals surface area contributed by atoms with Crippen molar-refractivity contribution in [1.82, 2.24) is 5.32 Å². The maximum Gasteiger partial charge on any atom is 0.188 e. The first-order valence-electron chi connectivity index (χ1n) is 7.86. The Labute approximate surface area is 117 Å². The van der Waals surface area contributed by atoms with Crippen LogP contribution in [-0.2, 0) is 4.74 Å². The van der Waals surface area contributed by atoms with Crippen LogP contribution in [0.25, 0.3) is 0 Å². The van der Waals surface area contributed by atoms with Crippen molar-refractivity contribution in [3.05, 3.63) is 0 Å². The Morgan fingerprint density at radius 2 is 1.79 bits per heavy atom. The number of aliphatic imine (C=N–C) groups is 1. The second kappa shape index (κ2) is 7.13. The number of hydrogen-bond acceptors (Lipinski definition) is 2. The van der Waals surface area contributed by atoms with E-state index >= 15 is 0 Å². The summed E-state index contributed by atoms with van der Waals surface area (Å²) in [6.07, 6.45) is 12.5. The minimum Gasteiger partial charge on any atom is -0.376 e. The van der Waals surface area contributed by atoms with Crippen molar-refractivity contribution >= 4 is 5.96 Å². The highest BCUT2D eigenvalue weighted by atomic mass is 16.5. The Morgan fingerprint density at radius 1 is 1.16 bits per heavy atom. The average molecular weight is 267 g/mol. The third-order valence-corrected chi connectivity index (χ3v) is 4.69. The quantitative estimate of drug-likeness (QED) is 0.467. The van der Waals surface area contributed by atoms with Gasteiger partial charge in [0.1, 0.15) is 0 Å². The molecule has 0 aliphatic heterocycles. The molecule has 0 heterocycles. The zero-order valence-corrected chi connectivity index (χ0v) is 12.3. The summed E-state index contributed by atoms with van der Waals surface area (Å²) in [6.45, 7) is 0.703. The van der Waals surface area contributed by atoms with Crippen molar-refractivity contribution in [2.45, 2.75) is 75.9 Å². The normalized spacial score (nSPS) is 25.2. The van der Waals surface area contributed by atoms with Gasteiger partial charge in [0.25, 0.3) is 0 Å². The molecule has 0 saturated heterocycles. The molecule has 0 radical (unpaired) electrons. The number of methoxy groups -OCH3 is 1. The second-order valence-corrected chi connectivity index (χ2v) is 6.13. The molecule has 2 saturated carbocycles. The summed E-state index contributed by atoms with van der Waals surface area (Å²) in [5, 5.41) is 3.40. The maximum absolute atomic E-state index is 6.03. The second-order valence-electron chi connectivity index (χ2n) is 6.13. The molecule has 2 rings (SSSR count). The largest absolute Gasteiger partial charge is 0.376 e. The lowest BCUT2D eigenvalue weighted by Gasteiger charge is -2.25. The first-order chi connectivity index (χ1) is 9.24. The number of guanidine groups is 1. The molecule has 4 heteroatoms. The van der Waals surface area contributed by atoms with E-state index in [0.29, 0.717) is 18.5 Å². The summed E-state index contributed by atoms with van der Waals surface area (Å²) in [6, 6.07) is 0.522. The summed E-state index contributed by atoms with van der Waals surface area (Å²) in [5.41, 5.74) is 5.98. The zero-order valence-electron chi connectivity index (χ0n) is 12.3. The summed E-state index contributed by atoms with van der Waals surface area (Å²) in [4.78, 5) is 4.53. The topological polar surface area (TPSA) is 59.6 Å². The van der Waals surface area contributed by atoms with Crippen LogP contribution in [0.15, 0.2) is 4.99 Å². The van der Waals surface area contributed by atoms with Crippen LogP contribution >= 0.6 is 0 Å². The van der Waals surface area contributed by atoms with E-state index in [4.69, 9.17) is 10.5 Å². The van der Waals surface area contributed by atoms with Crippen molar-refractivity contribution in [2.75, 3.05) is 13.7 Å². The number of nitrogens with zero attached hydrogens (tertiary/aromatic N) is 1. The average Bonchev–Trinajstić information content (AvgIpc) is 2.75. The highest BCUT2D eigenvalue weighted by molar-refractivity contribution is 5.78. The van der Waals surface area contributed by atoms with Crippen molar-refractivity contribution < 1.29 is 4.74 Å². The van der Waals surface area contributed by atoms with E-state index in [0.717, 1.165) is 12.8 Å². The van der Waals surface area contributed by atoms with Gasteiger partial charge in [0.05, 0.1) is 12.1 Å². The molecule has 0 amide bonds. The molecule has 0 aromatic carbocycles. The van der Waals surface area contributed by atoms with E-state index in [2.05, 4.69) is 10.3 Å². The van der Waals surface area contributed by atoms with Gasteiger partial charge in [-0.1, -0.05) is 38.5 Å². The molecular formula is C15H29N3O. The van der Waals surface area contributed by atoms with Crippen LogP contribution in [0.4, 0.5) is 0 Å². The monoisotopic (exact) mass is 267 g/mol. The molecule has 0 aromatic heterocycles. The number of ether oxygens (including phenoxy) is 1. The summed E-state index contributed by atoms with van der Waals surface area (Å²) >= 11 is 0. The Kier molecular flexibility index (Phi) is 5.49. The van der Waals surface area contributed by atoms with Gasteiger partial charge in [-0.25, -0.2) is 0 Å². The molecule has 4 nitrogen and oxygen atoms in total. The lowest BCUT2D eigenvalue weighted by atomic mass is 10.0. The van der Waals surface area contributed by atoms with Crippen LogP contribution in [0.5, 0.6) is 0 Å². The minimum absolute atomic E-state index is 0.0459. The molecule has 2 fully saturated rings. The van der Waals surface area contributed by atoms with E-state index in [1.807, 2.05) is 0 Å². The first kappa shape index (κ1) is 14.6. The van der Waals surface area contributed by atoms with Crippen molar-refractivity contribution in [3.63, 3.8) is 0 Å². The predicted molar refractivity (Wildman–Crippen MR) is 79.3 cm³/mol. The molecular weight excluding hydrogens is 238 g/mol. The number of hydrogen-bond donors (Lipinski definition) is 2. The van der Waals surface area contributed by atoms with E-state index < -0.39 is 0 Å². The Morgan fingerprint density at radius 3 is 2.37 bits per heavy atom. The van der Waals surface area contributed by atoms with Gasteiger partial charge >= 0.3 is 0 Å². The van der Waals surface area contributed by atoms with Crippen LogP contribution in [0.3, 0.4) is 0 Å². The molecule has 0 bridgehead atoms. The third-order valence-electron chi connectivity index (χ3n) is 4.69. The fourth-order valence-corrected chi connectivity index (χ4v) is 3.35. The molecule has 2 aliphatic carbocycles. The van der Waals surface area contributed by atoms with Gasteiger partial charge in [-0.15, -0.1) is 0 Å². The molecule has 2 aliphatic rings. The SMILES string of the molecule is COC1(CN=C(N)NC2CCCCCC2)CCCC1. The molecule has 19 heavy (non-hydrogen) atoms. The van der Waals surface area contributed by atoms with Crippen LogP contribution in [0.1, 0.15) is 64.2 Å². The number of nitrogens with one attached hydrogen (secondary N) is 1. The van der Waals surface area contributed by atoms with Gasteiger partial charge in [0.15, 0.2) is 5.96 Å². The van der Waals surface area contributed by atoms with Gasteiger partial charge in [-0.3, -0.25) is 4.99 Å². The highest BCUT2D eigenvalue weighted by Crippen LogP contribution is 2.32. The zero-order chi connectivity index (χ0) is 13.6. The van der Waals surface area contributed by atoms with Crippen molar-refractivity contribution in [3.8, 4) is 0 Å². The Balaban J connectivity index is 1.81. The standard InChI is InChI=1S/C15H29N3O/c1-19-15(10-6-7-11-15)12-17-14(16)18-13-8-4-2-3-5-9-13/h13H,2-12H2,1H3,(H3,16,17,18). The molecule has 0 atom stereocenters. The van der Waals surface area contributed by atoms with Gasteiger partial charge in [0, 0.05) is 13.2 Å². The summed E-state index contributed by atoms with van der Waals surface area (Å²) < 4.78 is 5.67. The number of rotatable bonds is 4. The van der Waals surface area contributed by atoms with Crippen LogP contribution in [0.2, 0.25) is 0 Å². The fourth-order valence-electron chi connectivity index (χ4n) is 3.35. The van der Waals surface area contributed by atoms with Crippen molar-refractivity contribution in [2.24, 2.45) is 10.7 Å². The maximum atomic E-state index is 6.03. The molecule has 0 spiro atoms. The first-order valence-corrected chi connectivity index (χ1v) is 7.86. The molecule has 0 unspecified atom stereocenters. The van der Waals surface area contributed by atoms with E-state index in [-0.39, 0.29) is 5.60 Å². The third kappa shape index (κ3) is 4.37. The fraction of sp³-hybridized carbons (Fsp3) is 0.933. The van der Waals surface area contributed by atoms with E-state index in [1.165, 1.54) is 51.4 Å². The van der Waals surface area contributed by atoms with E-state index in [9.17, 15) is 0 Å².